The van der Waals surface area contributed by atoms with Crippen molar-refractivity contribution in [3.63, 3.8) is 0 Å². The minimum Gasteiger partial charge on any atom is -0.368 e. The van der Waals surface area contributed by atoms with Gasteiger partial charge in [-0.15, -0.1) is 0 Å². The second-order valence-corrected chi connectivity index (χ2v) is 6.55. The van der Waals surface area contributed by atoms with Crippen molar-refractivity contribution in [1.82, 2.24) is 5.32 Å². The van der Waals surface area contributed by atoms with Gasteiger partial charge in [-0.1, -0.05) is 48.5 Å². The Labute approximate surface area is 152 Å². The van der Waals surface area contributed by atoms with Crippen LogP contribution in [0.5, 0.6) is 0 Å². The fourth-order valence-corrected chi connectivity index (χ4v) is 3.59. The molecule has 1 heterocycles. The Morgan fingerprint density at radius 2 is 1.73 bits per heavy atom. The lowest BCUT2D eigenvalue weighted by Gasteiger charge is -2.28. The molecule has 6 heteroatoms. The monoisotopic (exact) mass is 351 g/mol. The minimum absolute atomic E-state index is 0.0463. The topological polar surface area (TPSA) is 92.5 Å². The van der Waals surface area contributed by atoms with Crippen molar-refractivity contribution in [2.45, 2.75) is 18.3 Å². The number of fused-ring (bicyclic) bond motifs is 1. The Hall–Kier alpha value is -3.15. The zero-order chi connectivity index (χ0) is 18.7. The number of nitrogens with one attached hydrogen (secondary N) is 1. The van der Waals surface area contributed by atoms with Crippen LogP contribution in [-0.4, -0.2) is 31.3 Å². The normalized spacial score (nSPS) is 18.5. The van der Waals surface area contributed by atoms with Crippen molar-refractivity contribution in [2.75, 3.05) is 18.5 Å². The Morgan fingerprint density at radius 3 is 2.42 bits per heavy atom. The SMILES string of the molecule is CN1C(=O)C(CC(=O)NCC(N)=O)(Cc2ccccc2)c2ccccc21. The van der Waals surface area contributed by atoms with E-state index >= 15 is 0 Å². The molecule has 26 heavy (non-hydrogen) atoms. The maximum absolute atomic E-state index is 13.2. The van der Waals surface area contributed by atoms with Gasteiger partial charge in [-0.05, 0) is 23.6 Å². The molecule has 0 aliphatic carbocycles. The summed E-state index contributed by atoms with van der Waals surface area (Å²) in [5.41, 5.74) is 6.69. The molecule has 3 rings (SSSR count). The minimum atomic E-state index is -1.01. The van der Waals surface area contributed by atoms with Gasteiger partial charge in [0.2, 0.25) is 17.7 Å². The van der Waals surface area contributed by atoms with Crippen molar-refractivity contribution >= 4 is 23.4 Å². The molecule has 1 aliphatic heterocycles. The van der Waals surface area contributed by atoms with E-state index in [-0.39, 0.29) is 24.8 Å². The number of hydrogen-bond donors (Lipinski definition) is 2. The fraction of sp³-hybridized carbons (Fsp3) is 0.250. The molecule has 1 atom stereocenters. The number of nitrogens with zero attached hydrogens (tertiary/aromatic N) is 1. The van der Waals surface area contributed by atoms with Crippen molar-refractivity contribution in [1.29, 1.82) is 0 Å². The maximum atomic E-state index is 13.2. The summed E-state index contributed by atoms with van der Waals surface area (Å²) in [7, 11) is 1.72. The molecule has 134 valence electrons. The predicted octanol–water partition coefficient (Wildman–Crippen LogP) is 1.14. The van der Waals surface area contributed by atoms with Crippen LogP contribution < -0.4 is 16.0 Å². The first kappa shape index (κ1) is 17.7. The highest BCUT2D eigenvalue weighted by Gasteiger charge is 2.50. The summed E-state index contributed by atoms with van der Waals surface area (Å²) in [6, 6.07) is 17.1. The number of carbonyl (C=O) groups is 3. The molecule has 3 N–H and O–H groups in total. The van der Waals surface area contributed by atoms with Gasteiger partial charge in [0.25, 0.3) is 0 Å². The van der Waals surface area contributed by atoms with E-state index in [0.717, 1.165) is 16.8 Å². The van der Waals surface area contributed by atoms with Crippen LogP contribution in [0.4, 0.5) is 5.69 Å². The number of rotatable bonds is 6. The van der Waals surface area contributed by atoms with Crippen LogP contribution in [0.15, 0.2) is 54.6 Å². The van der Waals surface area contributed by atoms with Crippen LogP contribution >= 0.6 is 0 Å². The lowest BCUT2D eigenvalue weighted by atomic mass is 9.73. The van der Waals surface area contributed by atoms with Crippen molar-refractivity contribution in [3.8, 4) is 0 Å². The lowest BCUT2D eigenvalue weighted by molar-refractivity contribution is -0.130. The summed E-state index contributed by atoms with van der Waals surface area (Å²) in [4.78, 5) is 38.2. The Balaban J connectivity index is 2.01. The van der Waals surface area contributed by atoms with E-state index < -0.39 is 11.3 Å². The molecule has 1 unspecified atom stereocenters. The predicted molar refractivity (Wildman–Crippen MR) is 98.5 cm³/mol. The highest BCUT2D eigenvalue weighted by atomic mass is 16.2. The zero-order valence-corrected chi connectivity index (χ0v) is 14.6. The highest BCUT2D eigenvalue weighted by molar-refractivity contribution is 6.10. The number of nitrogens with two attached hydrogens (primary N) is 1. The standard InChI is InChI=1S/C20H21N3O3/c1-23-16-10-6-5-9-15(16)20(19(23)26,11-14-7-3-2-4-8-14)12-18(25)22-13-17(21)24/h2-10H,11-13H2,1H3,(H2,21,24)(H,22,25). The van der Waals surface area contributed by atoms with E-state index in [4.69, 9.17) is 5.73 Å². The third kappa shape index (κ3) is 3.18. The third-order valence-corrected chi connectivity index (χ3v) is 4.77. The number of carbonyl (C=O) groups excluding carboxylic acids is 3. The van der Waals surface area contributed by atoms with E-state index in [9.17, 15) is 14.4 Å². The van der Waals surface area contributed by atoms with E-state index in [1.807, 2.05) is 54.6 Å². The summed E-state index contributed by atoms with van der Waals surface area (Å²) in [6.45, 7) is -0.244. The number of primary amides is 1. The first-order valence-corrected chi connectivity index (χ1v) is 8.40. The molecule has 0 saturated heterocycles. The third-order valence-electron chi connectivity index (χ3n) is 4.77. The maximum Gasteiger partial charge on any atom is 0.238 e. The van der Waals surface area contributed by atoms with E-state index in [1.54, 1.807) is 11.9 Å². The van der Waals surface area contributed by atoms with Gasteiger partial charge in [0.15, 0.2) is 0 Å². The second-order valence-electron chi connectivity index (χ2n) is 6.55. The van der Waals surface area contributed by atoms with Crippen LogP contribution in [0.25, 0.3) is 0 Å². The summed E-state index contributed by atoms with van der Waals surface area (Å²) in [6.07, 6.45) is 0.355. The average Bonchev–Trinajstić information content (AvgIpc) is 2.84. The van der Waals surface area contributed by atoms with Crippen LogP contribution in [0.3, 0.4) is 0 Å². The number of hydrogen-bond acceptors (Lipinski definition) is 3. The summed E-state index contributed by atoms with van der Waals surface area (Å²) in [5.74, 6) is -1.12. The number of para-hydroxylation sites is 1. The lowest BCUT2D eigenvalue weighted by Crippen LogP contribution is -2.45. The summed E-state index contributed by atoms with van der Waals surface area (Å²) < 4.78 is 0. The molecule has 6 nitrogen and oxygen atoms in total. The zero-order valence-electron chi connectivity index (χ0n) is 14.6. The largest absolute Gasteiger partial charge is 0.368 e. The Kier molecular flexibility index (Phi) is 4.75. The molecule has 0 bridgehead atoms. The Morgan fingerprint density at radius 1 is 1.08 bits per heavy atom. The van der Waals surface area contributed by atoms with Gasteiger partial charge in [-0.3, -0.25) is 14.4 Å². The quantitative estimate of drug-likeness (QED) is 0.817. The number of amides is 3. The van der Waals surface area contributed by atoms with Gasteiger partial charge in [-0.2, -0.15) is 0 Å². The number of likely N-dealkylation sites (N-methyl/N-ethyl adjacent to an activating group) is 1. The van der Waals surface area contributed by atoms with E-state index in [1.165, 1.54) is 0 Å². The molecular formula is C20H21N3O3. The molecule has 0 saturated carbocycles. The molecule has 0 fully saturated rings. The first-order chi connectivity index (χ1) is 12.4. The molecule has 2 aromatic rings. The summed E-state index contributed by atoms with van der Waals surface area (Å²) in [5, 5.41) is 2.50. The molecule has 3 amide bonds. The fourth-order valence-electron chi connectivity index (χ4n) is 3.59. The van der Waals surface area contributed by atoms with Crippen LogP contribution in [0.1, 0.15) is 17.5 Å². The number of anilines is 1. The molecule has 0 spiro atoms. The second kappa shape index (κ2) is 7.00. The van der Waals surface area contributed by atoms with Crippen LogP contribution in [-0.2, 0) is 26.2 Å². The molecule has 0 radical (unpaired) electrons. The first-order valence-electron chi connectivity index (χ1n) is 8.40. The van der Waals surface area contributed by atoms with Gasteiger partial charge in [0, 0.05) is 19.2 Å². The van der Waals surface area contributed by atoms with Crippen LogP contribution in [0.2, 0.25) is 0 Å². The summed E-state index contributed by atoms with van der Waals surface area (Å²) >= 11 is 0. The molecule has 2 aromatic carbocycles. The Bertz CT molecular complexity index is 850. The van der Waals surface area contributed by atoms with Gasteiger partial charge in [0.05, 0.1) is 12.0 Å². The van der Waals surface area contributed by atoms with Gasteiger partial charge >= 0.3 is 0 Å². The molecular weight excluding hydrogens is 330 g/mol. The number of benzene rings is 2. The van der Waals surface area contributed by atoms with Crippen molar-refractivity contribution < 1.29 is 14.4 Å². The van der Waals surface area contributed by atoms with Gasteiger partial charge in [-0.25, -0.2) is 0 Å². The smallest absolute Gasteiger partial charge is 0.238 e. The molecule has 1 aliphatic rings. The van der Waals surface area contributed by atoms with Gasteiger partial charge < -0.3 is 16.0 Å². The van der Waals surface area contributed by atoms with Crippen molar-refractivity contribution in [2.24, 2.45) is 5.73 Å². The van der Waals surface area contributed by atoms with Gasteiger partial charge in [0.1, 0.15) is 0 Å². The van der Waals surface area contributed by atoms with E-state index in [2.05, 4.69) is 5.32 Å². The average molecular weight is 351 g/mol. The molecule has 0 aromatic heterocycles. The van der Waals surface area contributed by atoms with E-state index in [0.29, 0.717) is 6.42 Å². The highest BCUT2D eigenvalue weighted by Crippen LogP contribution is 2.45. The van der Waals surface area contributed by atoms with Crippen molar-refractivity contribution in [3.05, 3.63) is 65.7 Å². The van der Waals surface area contributed by atoms with Crippen LogP contribution in [0, 0.1) is 0 Å².